The molecule has 0 saturated carbocycles. The molecule has 0 bridgehead atoms. The zero-order valence-corrected chi connectivity index (χ0v) is 15.7. The number of rotatable bonds is 8. The molecule has 1 rings (SSSR count). The topological polar surface area (TPSA) is 29.5 Å². The average molecular weight is 405 g/mol. The molecule has 0 heterocycles. The summed E-state index contributed by atoms with van der Waals surface area (Å²) < 4.78 is 6.55. The molecule has 0 amide bonds. The van der Waals surface area contributed by atoms with Crippen molar-refractivity contribution in [1.82, 2.24) is 0 Å². The van der Waals surface area contributed by atoms with Crippen LogP contribution in [-0.4, -0.2) is 49.0 Å². The van der Waals surface area contributed by atoms with Gasteiger partial charge in [-0.15, -0.1) is 6.58 Å². The van der Waals surface area contributed by atoms with Crippen LogP contribution in [0.15, 0.2) is 36.9 Å². The third-order valence-corrected chi connectivity index (χ3v) is 3.85. The Hall–Kier alpha value is -0.590. The standard InChI is InChI=1S/C17H28NO2.HI/c1-6-9-15-10-7-8-11-17(15)20-13-16(19)12-18(4,5)14(2)3;/h6-8,10-11,14,16,19H,1,9,12-13H2,2-5H3;1H/q+1;/p-1. The van der Waals surface area contributed by atoms with Crippen molar-refractivity contribution in [3.63, 3.8) is 0 Å². The SMILES string of the molecule is C=CCc1ccccc1OCC(O)C[N+](C)(C)C(C)C.[I-]. The summed E-state index contributed by atoms with van der Waals surface area (Å²) in [6, 6.07) is 8.37. The molecule has 0 saturated heterocycles. The van der Waals surface area contributed by atoms with Crippen molar-refractivity contribution < 1.29 is 38.3 Å². The van der Waals surface area contributed by atoms with Crippen LogP contribution in [0.4, 0.5) is 0 Å². The van der Waals surface area contributed by atoms with E-state index < -0.39 is 6.10 Å². The van der Waals surface area contributed by atoms with E-state index in [1.807, 2.05) is 30.3 Å². The molecule has 1 atom stereocenters. The summed E-state index contributed by atoms with van der Waals surface area (Å²) in [4.78, 5) is 0. The number of quaternary nitrogens is 1. The van der Waals surface area contributed by atoms with Gasteiger partial charge in [-0.25, -0.2) is 0 Å². The van der Waals surface area contributed by atoms with Gasteiger partial charge in [-0.2, -0.15) is 0 Å². The molecule has 1 unspecified atom stereocenters. The van der Waals surface area contributed by atoms with Gasteiger partial charge in [0.2, 0.25) is 0 Å². The van der Waals surface area contributed by atoms with Crippen molar-refractivity contribution >= 4 is 0 Å². The van der Waals surface area contributed by atoms with Gasteiger partial charge in [0.05, 0.1) is 20.1 Å². The molecule has 0 aliphatic carbocycles. The first-order valence-corrected chi connectivity index (χ1v) is 7.19. The molecule has 0 aliphatic rings. The number of hydrogen-bond acceptors (Lipinski definition) is 2. The van der Waals surface area contributed by atoms with E-state index in [0.717, 1.165) is 22.2 Å². The van der Waals surface area contributed by atoms with E-state index >= 15 is 0 Å². The third kappa shape index (κ3) is 6.80. The number of likely N-dealkylation sites (N-methyl/N-ethyl adjacent to an activating group) is 1. The Labute approximate surface area is 146 Å². The highest BCUT2D eigenvalue weighted by Gasteiger charge is 2.24. The fourth-order valence-electron chi connectivity index (χ4n) is 1.96. The molecular formula is C17H28INO2. The van der Waals surface area contributed by atoms with Gasteiger partial charge in [-0.3, -0.25) is 0 Å². The van der Waals surface area contributed by atoms with Crippen molar-refractivity contribution in [2.75, 3.05) is 27.2 Å². The maximum atomic E-state index is 10.2. The molecule has 120 valence electrons. The maximum Gasteiger partial charge on any atom is 0.137 e. The Morgan fingerprint density at radius 3 is 2.48 bits per heavy atom. The van der Waals surface area contributed by atoms with Gasteiger partial charge in [0.1, 0.15) is 25.0 Å². The first-order chi connectivity index (χ1) is 9.36. The summed E-state index contributed by atoms with van der Waals surface area (Å²) in [6.07, 6.45) is 2.17. The predicted octanol–water partition coefficient (Wildman–Crippen LogP) is -0.356. The number of ether oxygens (including phenoxy) is 1. The Balaban J connectivity index is 0.00000400. The number of aliphatic hydroxyl groups is 1. The second kappa shape index (κ2) is 9.43. The second-order valence-electron chi connectivity index (χ2n) is 6.12. The lowest BCUT2D eigenvalue weighted by Crippen LogP contribution is -3.00. The van der Waals surface area contributed by atoms with Crippen LogP contribution in [0, 0.1) is 0 Å². The van der Waals surface area contributed by atoms with Crippen LogP contribution >= 0.6 is 0 Å². The second-order valence-corrected chi connectivity index (χ2v) is 6.12. The summed E-state index contributed by atoms with van der Waals surface area (Å²) in [5.41, 5.74) is 1.10. The van der Waals surface area contributed by atoms with Gasteiger partial charge in [0, 0.05) is 0 Å². The van der Waals surface area contributed by atoms with Gasteiger partial charge in [-0.05, 0) is 31.9 Å². The van der Waals surface area contributed by atoms with Crippen molar-refractivity contribution in [2.45, 2.75) is 32.4 Å². The van der Waals surface area contributed by atoms with Crippen LogP contribution in [0.5, 0.6) is 5.75 Å². The van der Waals surface area contributed by atoms with Crippen LogP contribution in [0.2, 0.25) is 0 Å². The smallest absolute Gasteiger partial charge is 0.137 e. The number of nitrogens with zero attached hydrogens (tertiary/aromatic N) is 1. The summed E-state index contributed by atoms with van der Waals surface area (Å²) in [6.45, 7) is 9.08. The van der Waals surface area contributed by atoms with E-state index in [9.17, 15) is 5.11 Å². The van der Waals surface area contributed by atoms with Gasteiger partial charge >= 0.3 is 0 Å². The molecule has 1 N–H and O–H groups in total. The monoisotopic (exact) mass is 405 g/mol. The first kappa shape index (κ1) is 20.4. The van der Waals surface area contributed by atoms with Crippen LogP contribution < -0.4 is 28.7 Å². The molecule has 0 aromatic heterocycles. The minimum absolute atomic E-state index is 0. The predicted molar refractivity (Wildman–Crippen MR) is 84.0 cm³/mol. The lowest BCUT2D eigenvalue weighted by Gasteiger charge is -2.35. The first-order valence-electron chi connectivity index (χ1n) is 7.19. The van der Waals surface area contributed by atoms with Crippen molar-refractivity contribution in [3.8, 4) is 5.75 Å². The fourth-order valence-corrected chi connectivity index (χ4v) is 1.96. The number of hydrogen-bond donors (Lipinski definition) is 1. The molecule has 3 nitrogen and oxygen atoms in total. The molecular weight excluding hydrogens is 377 g/mol. The van der Waals surface area contributed by atoms with E-state index in [2.05, 4.69) is 34.5 Å². The minimum atomic E-state index is -0.468. The summed E-state index contributed by atoms with van der Waals surface area (Å²) >= 11 is 0. The number of allylic oxidation sites excluding steroid dienone is 1. The molecule has 0 radical (unpaired) electrons. The van der Waals surface area contributed by atoms with Crippen LogP contribution in [0.3, 0.4) is 0 Å². The number of halogens is 1. The molecule has 0 spiro atoms. The number of benzene rings is 1. The molecule has 1 aromatic carbocycles. The fraction of sp³-hybridized carbons (Fsp3) is 0.529. The molecule has 1 aromatic rings. The van der Waals surface area contributed by atoms with Gasteiger partial charge in [-0.1, -0.05) is 24.3 Å². The molecule has 4 heteroatoms. The average Bonchev–Trinajstić information content (AvgIpc) is 2.37. The molecule has 0 aliphatic heterocycles. The zero-order valence-electron chi connectivity index (χ0n) is 13.6. The lowest BCUT2D eigenvalue weighted by molar-refractivity contribution is -0.914. The van der Waals surface area contributed by atoms with Crippen molar-refractivity contribution in [3.05, 3.63) is 42.5 Å². The minimum Gasteiger partial charge on any atom is -1.00 e. The highest BCUT2D eigenvalue weighted by atomic mass is 127. The normalized spacial score (nSPS) is 12.7. The van der Waals surface area contributed by atoms with E-state index in [1.165, 1.54) is 0 Å². The maximum absolute atomic E-state index is 10.2. The van der Waals surface area contributed by atoms with Gasteiger partial charge < -0.3 is 38.3 Å². The summed E-state index contributed by atoms with van der Waals surface area (Å²) in [7, 11) is 4.25. The Morgan fingerprint density at radius 1 is 1.29 bits per heavy atom. The van der Waals surface area contributed by atoms with Crippen LogP contribution in [-0.2, 0) is 6.42 Å². The molecule has 21 heavy (non-hydrogen) atoms. The quantitative estimate of drug-likeness (QED) is 0.364. The zero-order chi connectivity index (χ0) is 15.2. The van der Waals surface area contributed by atoms with Gasteiger partial charge in [0.15, 0.2) is 0 Å². The highest BCUT2D eigenvalue weighted by molar-refractivity contribution is 5.34. The third-order valence-electron chi connectivity index (χ3n) is 3.85. The highest BCUT2D eigenvalue weighted by Crippen LogP contribution is 2.19. The Kier molecular flexibility index (Phi) is 9.17. The number of para-hydroxylation sites is 1. The van der Waals surface area contributed by atoms with Crippen molar-refractivity contribution in [1.29, 1.82) is 0 Å². The lowest BCUT2D eigenvalue weighted by atomic mass is 10.1. The largest absolute Gasteiger partial charge is 1.00 e. The van der Waals surface area contributed by atoms with E-state index in [4.69, 9.17) is 4.74 Å². The Bertz CT molecular complexity index is 433. The van der Waals surface area contributed by atoms with Crippen LogP contribution in [0.25, 0.3) is 0 Å². The van der Waals surface area contributed by atoms with E-state index in [1.54, 1.807) is 0 Å². The van der Waals surface area contributed by atoms with E-state index in [0.29, 0.717) is 19.2 Å². The summed E-state index contributed by atoms with van der Waals surface area (Å²) in [5, 5.41) is 10.2. The Morgan fingerprint density at radius 2 is 1.90 bits per heavy atom. The van der Waals surface area contributed by atoms with Gasteiger partial charge in [0.25, 0.3) is 0 Å². The molecule has 0 fully saturated rings. The van der Waals surface area contributed by atoms with Crippen molar-refractivity contribution in [2.24, 2.45) is 0 Å². The van der Waals surface area contributed by atoms with E-state index in [-0.39, 0.29) is 24.0 Å². The van der Waals surface area contributed by atoms with Crippen LogP contribution in [0.1, 0.15) is 19.4 Å². The summed E-state index contributed by atoms with van der Waals surface area (Å²) in [5.74, 6) is 0.835. The number of aliphatic hydroxyl groups excluding tert-OH is 1.